The number of carbonyl (C=O) groups excluding carboxylic acids is 3. The number of esters is 1. The Morgan fingerprint density at radius 2 is 1.92 bits per heavy atom. The van der Waals surface area contributed by atoms with Gasteiger partial charge in [-0.3, -0.25) is 9.59 Å². The van der Waals surface area contributed by atoms with Gasteiger partial charge in [-0.1, -0.05) is 19.4 Å². The molecule has 3 saturated carbocycles. The molecule has 0 bridgehead atoms. The molecule has 5 N–H and O–H groups in total. The van der Waals surface area contributed by atoms with Crippen molar-refractivity contribution in [2.45, 2.75) is 70.5 Å². The Morgan fingerprint density at radius 3 is 2.67 bits per heavy atom. The zero-order valence-electron chi connectivity index (χ0n) is 20.8. The van der Waals surface area contributed by atoms with Gasteiger partial charge in [0.25, 0.3) is 0 Å². The molecule has 7 atom stereocenters. The van der Waals surface area contributed by atoms with Crippen LogP contribution in [0.15, 0.2) is 29.8 Å². The minimum atomic E-state index is -1.73. The van der Waals surface area contributed by atoms with E-state index in [0.29, 0.717) is 12.8 Å². The molecule has 194 valence electrons. The summed E-state index contributed by atoms with van der Waals surface area (Å²) < 4.78 is 5.19. The van der Waals surface area contributed by atoms with Gasteiger partial charge in [0, 0.05) is 17.5 Å². The normalized spacial score (nSPS) is 39.4. The van der Waals surface area contributed by atoms with Crippen LogP contribution in [0.4, 0.5) is 5.69 Å². The SMILES string of the molecule is CC12CCC(=O)C=C1CCC1C2C(O)CC2(C)C1CCC2(O)C(=O)COC(=O)c1cc(N)ccc1O. The van der Waals surface area contributed by atoms with Crippen LogP contribution in [0.3, 0.4) is 0 Å². The van der Waals surface area contributed by atoms with Gasteiger partial charge in [-0.2, -0.15) is 0 Å². The van der Waals surface area contributed by atoms with Crippen molar-refractivity contribution in [3.05, 3.63) is 35.4 Å². The highest BCUT2D eigenvalue weighted by Gasteiger charge is 2.68. The molecule has 7 unspecified atom stereocenters. The van der Waals surface area contributed by atoms with E-state index < -0.39 is 35.5 Å². The van der Waals surface area contributed by atoms with Crippen LogP contribution in [0.2, 0.25) is 0 Å². The third-order valence-electron chi connectivity index (χ3n) is 10.1. The van der Waals surface area contributed by atoms with E-state index in [2.05, 4.69) is 6.92 Å². The molecule has 0 spiro atoms. The monoisotopic (exact) mass is 497 g/mol. The fraction of sp³-hybridized carbons (Fsp3) is 0.607. The summed E-state index contributed by atoms with van der Waals surface area (Å²) in [7, 11) is 0. The summed E-state index contributed by atoms with van der Waals surface area (Å²) in [5, 5.41) is 33.2. The van der Waals surface area contributed by atoms with Gasteiger partial charge in [0.1, 0.15) is 16.9 Å². The van der Waals surface area contributed by atoms with Crippen molar-refractivity contribution in [3.63, 3.8) is 0 Å². The van der Waals surface area contributed by atoms with E-state index in [-0.39, 0.29) is 58.8 Å². The molecular formula is C28H35NO7. The van der Waals surface area contributed by atoms with Crippen molar-refractivity contribution in [3.8, 4) is 5.75 Å². The zero-order valence-corrected chi connectivity index (χ0v) is 20.8. The largest absolute Gasteiger partial charge is 0.507 e. The number of phenolic OH excluding ortho intramolecular Hbond substituents is 1. The fourth-order valence-corrected chi connectivity index (χ4v) is 8.20. The average Bonchev–Trinajstić information content (AvgIpc) is 3.10. The maximum absolute atomic E-state index is 13.4. The Kier molecular flexibility index (Phi) is 5.84. The molecular weight excluding hydrogens is 462 g/mol. The predicted octanol–water partition coefficient (Wildman–Crippen LogP) is 2.93. The number of nitrogens with two attached hydrogens (primary N) is 1. The quantitative estimate of drug-likeness (QED) is 0.282. The molecule has 8 nitrogen and oxygen atoms in total. The number of fused-ring (bicyclic) bond motifs is 5. The Hall–Kier alpha value is -2.71. The van der Waals surface area contributed by atoms with E-state index in [1.165, 1.54) is 18.2 Å². The van der Waals surface area contributed by atoms with Gasteiger partial charge in [-0.05, 0) is 86.0 Å². The smallest absolute Gasteiger partial charge is 0.342 e. The zero-order chi connectivity index (χ0) is 26.0. The Balaban J connectivity index is 1.36. The van der Waals surface area contributed by atoms with E-state index in [1.807, 2.05) is 6.92 Å². The van der Waals surface area contributed by atoms with Crippen LogP contribution < -0.4 is 5.73 Å². The molecule has 5 rings (SSSR count). The Morgan fingerprint density at radius 1 is 1.17 bits per heavy atom. The number of ether oxygens (including phenoxy) is 1. The molecule has 3 fully saturated rings. The third-order valence-corrected chi connectivity index (χ3v) is 10.1. The molecule has 0 saturated heterocycles. The minimum absolute atomic E-state index is 0.0227. The van der Waals surface area contributed by atoms with Gasteiger partial charge >= 0.3 is 5.97 Å². The number of ketones is 2. The van der Waals surface area contributed by atoms with Crippen LogP contribution in [-0.4, -0.2) is 51.2 Å². The molecule has 0 aromatic heterocycles. The van der Waals surface area contributed by atoms with Crippen LogP contribution in [0, 0.1) is 28.6 Å². The number of carbonyl (C=O) groups is 3. The fourth-order valence-electron chi connectivity index (χ4n) is 8.20. The number of Topliss-reactive ketones (excluding diaryl/α,β-unsaturated/α-hetero) is 1. The number of allylic oxidation sites excluding steroid dienone is 1. The summed E-state index contributed by atoms with van der Waals surface area (Å²) in [5.74, 6) is -1.51. The van der Waals surface area contributed by atoms with E-state index >= 15 is 0 Å². The van der Waals surface area contributed by atoms with Gasteiger partial charge in [0.2, 0.25) is 5.78 Å². The van der Waals surface area contributed by atoms with Crippen LogP contribution in [0.5, 0.6) is 5.75 Å². The van der Waals surface area contributed by atoms with Crippen LogP contribution in [-0.2, 0) is 14.3 Å². The summed E-state index contributed by atoms with van der Waals surface area (Å²) in [5.41, 5.74) is 4.08. The highest BCUT2D eigenvalue weighted by atomic mass is 16.5. The van der Waals surface area contributed by atoms with Crippen molar-refractivity contribution >= 4 is 23.2 Å². The number of nitrogen functional groups attached to an aromatic ring is 1. The van der Waals surface area contributed by atoms with Crippen molar-refractivity contribution in [1.82, 2.24) is 0 Å². The third kappa shape index (κ3) is 3.52. The number of hydrogen-bond acceptors (Lipinski definition) is 8. The Labute approximate surface area is 210 Å². The number of phenols is 1. The van der Waals surface area contributed by atoms with Gasteiger partial charge in [0.15, 0.2) is 12.4 Å². The highest BCUT2D eigenvalue weighted by molar-refractivity contribution is 5.96. The number of aliphatic hydroxyl groups is 2. The van der Waals surface area contributed by atoms with E-state index in [1.54, 1.807) is 6.08 Å². The molecule has 1 aromatic carbocycles. The summed E-state index contributed by atoms with van der Waals surface area (Å²) in [6, 6.07) is 3.99. The van der Waals surface area contributed by atoms with Crippen molar-refractivity contribution in [1.29, 1.82) is 0 Å². The lowest BCUT2D eigenvalue weighted by Crippen LogP contribution is -2.62. The second-order valence-corrected chi connectivity index (χ2v) is 11.8. The van der Waals surface area contributed by atoms with E-state index in [9.17, 15) is 29.7 Å². The molecule has 8 heteroatoms. The number of benzene rings is 1. The lowest BCUT2D eigenvalue weighted by atomic mass is 9.45. The minimum Gasteiger partial charge on any atom is -0.507 e. The molecule has 0 amide bonds. The standard InChI is InChI=1S/C28H35NO7/c1-26-9-7-17(30)11-15(26)3-5-18-20-8-10-28(35,27(20,2)13-22(32)24(18)26)23(33)14-36-25(34)19-12-16(29)4-6-21(19)31/h4,6,11-12,18,20,22,24,31-32,35H,3,5,7-10,13-14,29H2,1-2H3. The maximum Gasteiger partial charge on any atom is 0.342 e. The molecule has 4 aliphatic carbocycles. The molecule has 0 aliphatic heterocycles. The topological polar surface area (TPSA) is 147 Å². The lowest BCUT2D eigenvalue weighted by molar-refractivity contribution is -0.182. The van der Waals surface area contributed by atoms with Crippen LogP contribution >= 0.6 is 0 Å². The second kappa shape index (κ2) is 8.42. The molecule has 4 aliphatic rings. The van der Waals surface area contributed by atoms with Gasteiger partial charge in [-0.15, -0.1) is 0 Å². The summed E-state index contributed by atoms with van der Waals surface area (Å²) in [4.78, 5) is 37.9. The second-order valence-electron chi connectivity index (χ2n) is 11.8. The number of aromatic hydroxyl groups is 1. The highest BCUT2D eigenvalue weighted by Crippen LogP contribution is 2.67. The van der Waals surface area contributed by atoms with Gasteiger partial charge in [-0.25, -0.2) is 4.79 Å². The number of rotatable bonds is 4. The van der Waals surface area contributed by atoms with E-state index in [4.69, 9.17) is 10.5 Å². The molecule has 1 aromatic rings. The molecule has 0 radical (unpaired) electrons. The first kappa shape index (κ1) is 25.0. The maximum atomic E-state index is 13.4. The lowest BCUT2D eigenvalue weighted by Gasteiger charge is -2.60. The first-order valence-corrected chi connectivity index (χ1v) is 12.8. The summed E-state index contributed by atoms with van der Waals surface area (Å²) >= 11 is 0. The van der Waals surface area contributed by atoms with Gasteiger partial charge < -0.3 is 25.8 Å². The van der Waals surface area contributed by atoms with Crippen molar-refractivity contribution in [2.75, 3.05) is 12.3 Å². The predicted molar refractivity (Wildman–Crippen MR) is 131 cm³/mol. The number of aliphatic hydroxyl groups excluding tert-OH is 1. The summed E-state index contributed by atoms with van der Waals surface area (Å²) in [6.07, 6.45) is 5.00. The van der Waals surface area contributed by atoms with Crippen LogP contribution in [0.1, 0.15) is 69.2 Å². The van der Waals surface area contributed by atoms with Crippen LogP contribution in [0.25, 0.3) is 0 Å². The van der Waals surface area contributed by atoms with Crippen molar-refractivity contribution < 1.29 is 34.4 Å². The van der Waals surface area contributed by atoms with E-state index in [0.717, 1.165) is 24.8 Å². The first-order valence-electron chi connectivity index (χ1n) is 12.8. The van der Waals surface area contributed by atoms with Gasteiger partial charge in [0.05, 0.1) is 6.10 Å². The Bertz CT molecular complexity index is 1160. The summed E-state index contributed by atoms with van der Waals surface area (Å²) in [6.45, 7) is 3.40. The average molecular weight is 498 g/mol. The first-order chi connectivity index (χ1) is 16.9. The number of anilines is 1. The molecule has 0 heterocycles. The van der Waals surface area contributed by atoms with Crippen molar-refractivity contribution in [2.24, 2.45) is 28.6 Å². The molecule has 36 heavy (non-hydrogen) atoms. The number of hydrogen-bond donors (Lipinski definition) is 4.